The summed E-state index contributed by atoms with van der Waals surface area (Å²) in [6.45, 7) is 9.49. The standard InChI is InChI=1S/C33H35N5O3/c1-19(23-9-7-6-8-10-23)12-28(40)27-14-33(5)15-29(33)38(27)30(41)18-37-32-20(2)11-24(25-16-34-22(4)35-17-25)13-26(32)31(36-37)21(3)39/h6-11,13,16-17,19,27,29H,12,14-15,18H2,1-5H3/t19-,27-,29+,33-/m0/s1. The molecule has 2 aliphatic rings. The summed E-state index contributed by atoms with van der Waals surface area (Å²) in [7, 11) is 0. The molecule has 4 aromatic rings. The topological polar surface area (TPSA) is 98.1 Å². The van der Waals surface area contributed by atoms with Gasteiger partial charge in [0, 0.05) is 42.7 Å². The van der Waals surface area contributed by atoms with Crippen LogP contribution < -0.4 is 0 Å². The summed E-state index contributed by atoms with van der Waals surface area (Å²) in [6.07, 6.45) is 5.53. The third-order valence-corrected chi connectivity index (χ3v) is 8.94. The molecule has 0 N–H and O–H groups in total. The van der Waals surface area contributed by atoms with Gasteiger partial charge in [0.2, 0.25) is 5.91 Å². The molecule has 1 aliphatic heterocycles. The predicted molar refractivity (Wildman–Crippen MR) is 156 cm³/mol. The number of nitrogens with zero attached hydrogens (tertiary/aromatic N) is 5. The smallest absolute Gasteiger partial charge is 0.245 e. The third-order valence-electron chi connectivity index (χ3n) is 8.94. The molecule has 3 heterocycles. The Labute approximate surface area is 239 Å². The van der Waals surface area contributed by atoms with Crippen LogP contribution in [0.2, 0.25) is 0 Å². The van der Waals surface area contributed by atoms with Gasteiger partial charge in [-0.25, -0.2) is 9.97 Å². The van der Waals surface area contributed by atoms with Gasteiger partial charge in [-0.05, 0) is 66.8 Å². The Kier molecular flexibility index (Phi) is 6.59. The van der Waals surface area contributed by atoms with E-state index in [1.165, 1.54) is 6.92 Å². The van der Waals surface area contributed by atoms with Gasteiger partial charge in [0.1, 0.15) is 18.1 Å². The van der Waals surface area contributed by atoms with Crippen LogP contribution in [0.5, 0.6) is 0 Å². The van der Waals surface area contributed by atoms with Crippen LogP contribution in [0.15, 0.2) is 54.9 Å². The van der Waals surface area contributed by atoms with Crippen LogP contribution in [-0.2, 0) is 16.1 Å². The number of amides is 1. The first-order valence-corrected chi connectivity index (χ1v) is 14.3. The second kappa shape index (κ2) is 10.0. The van der Waals surface area contributed by atoms with E-state index in [2.05, 4.69) is 28.9 Å². The predicted octanol–water partition coefficient (Wildman–Crippen LogP) is 5.46. The summed E-state index contributed by atoms with van der Waals surface area (Å²) in [5.74, 6) is 0.573. The minimum atomic E-state index is -0.430. The summed E-state index contributed by atoms with van der Waals surface area (Å²) in [4.78, 5) is 50.6. The molecule has 8 nitrogen and oxygen atoms in total. The highest BCUT2D eigenvalue weighted by molar-refractivity contribution is 6.07. The van der Waals surface area contributed by atoms with E-state index in [-0.39, 0.29) is 41.4 Å². The molecule has 1 amide bonds. The summed E-state index contributed by atoms with van der Waals surface area (Å²) >= 11 is 0. The number of carbonyl (C=O) groups excluding carboxylic acids is 3. The lowest BCUT2D eigenvalue weighted by Crippen LogP contribution is -2.45. The second-order valence-electron chi connectivity index (χ2n) is 12.1. The fraction of sp³-hybridized carbons (Fsp3) is 0.394. The third kappa shape index (κ3) is 4.85. The maximum absolute atomic E-state index is 13.9. The molecule has 1 saturated carbocycles. The Bertz CT molecular complexity index is 1680. The SMILES string of the molecule is CC(=O)c1nn(CC(=O)N2[C@H](C(=O)C[C@H](C)c3ccccc3)C[C@@]3(C)C[C@@H]23)c2c(C)cc(-c3cnc(C)nc3)cc12. The Hall–Kier alpha value is -4.20. The highest BCUT2D eigenvalue weighted by Gasteiger charge is 2.64. The molecule has 2 aromatic carbocycles. The van der Waals surface area contributed by atoms with Crippen molar-refractivity contribution in [1.82, 2.24) is 24.6 Å². The van der Waals surface area contributed by atoms with Crippen LogP contribution in [0, 0.1) is 19.3 Å². The zero-order valence-corrected chi connectivity index (χ0v) is 24.2. The minimum Gasteiger partial charge on any atom is -0.327 e. The first-order chi connectivity index (χ1) is 19.6. The van der Waals surface area contributed by atoms with E-state index in [4.69, 9.17) is 0 Å². The van der Waals surface area contributed by atoms with E-state index in [1.54, 1.807) is 17.1 Å². The fourth-order valence-electron chi connectivity index (χ4n) is 6.57. The van der Waals surface area contributed by atoms with E-state index in [0.717, 1.165) is 34.2 Å². The summed E-state index contributed by atoms with van der Waals surface area (Å²) in [5.41, 5.74) is 4.81. The van der Waals surface area contributed by atoms with Gasteiger partial charge in [0.05, 0.1) is 11.6 Å². The largest absolute Gasteiger partial charge is 0.327 e. The molecule has 1 saturated heterocycles. The van der Waals surface area contributed by atoms with Gasteiger partial charge in [-0.3, -0.25) is 19.1 Å². The van der Waals surface area contributed by atoms with Gasteiger partial charge < -0.3 is 4.90 Å². The number of rotatable bonds is 8. The Morgan fingerprint density at radius 2 is 1.73 bits per heavy atom. The van der Waals surface area contributed by atoms with E-state index >= 15 is 0 Å². The zero-order valence-electron chi connectivity index (χ0n) is 24.2. The molecule has 0 unspecified atom stereocenters. The number of likely N-dealkylation sites (tertiary alicyclic amines) is 1. The number of hydrogen-bond donors (Lipinski definition) is 0. The average Bonchev–Trinajstić information content (AvgIpc) is 3.30. The lowest BCUT2D eigenvalue weighted by atomic mass is 9.90. The van der Waals surface area contributed by atoms with Crippen molar-refractivity contribution in [2.75, 3.05) is 0 Å². The van der Waals surface area contributed by atoms with Crippen molar-refractivity contribution in [2.45, 2.75) is 78.4 Å². The van der Waals surface area contributed by atoms with Gasteiger partial charge >= 0.3 is 0 Å². The zero-order chi connectivity index (χ0) is 29.1. The first-order valence-electron chi connectivity index (χ1n) is 14.3. The normalized spacial score (nSPS) is 22.0. The Morgan fingerprint density at radius 3 is 2.41 bits per heavy atom. The van der Waals surface area contributed by atoms with Crippen LogP contribution in [0.25, 0.3) is 22.0 Å². The molecule has 0 radical (unpaired) electrons. The number of aryl methyl sites for hydroxylation is 2. The Morgan fingerprint density at radius 1 is 1.02 bits per heavy atom. The van der Waals surface area contributed by atoms with Crippen molar-refractivity contribution in [1.29, 1.82) is 0 Å². The molecule has 210 valence electrons. The molecule has 8 heteroatoms. The molecule has 41 heavy (non-hydrogen) atoms. The summed E-state index contributed by atoms with van der Waals surface area (Å²) < 4.78 is 1.64. The van der Waals surface area contributed by atoms with E-state index < -0.39 is 6.04 Å². The number of carbonyl (C=O) groups is 3. The van der Waals surface area contributed by atoms with Crippen molar-refractivity contribution >= 4 is 28.4 Å². The average molecular weight is 550 g/mol. The number of aromatic nitrogens is 4. The highest BCUT2D eigenvalue weighted by atomic mass is 16.2. The maximum atomic E-state index is 13.9. The fourth-order valence-corrected chi connectivity index (χ4v) is 6.57. The van der Waals surface area contributed by atoms with Gasteiger partial charge in [-0.1, -0.05) is 44.2 Å². The highest BCUT2D eigenvalue weighted by Crippen LogP contribution is 2.59. The number of Topliss-reactive ketones (excluding diaryl/α,β-unsaturated/α-hetero) is 2. The number of fused-ring (bicyclic) bond motifs is 2. The second-order valence-corrected chi connectivity index (χ2v) is 12.1. The maximum Gasteiger partial charge on any atom is 0.245 e. The van der Waals surface area contributed by atoms with E-state index in [0.29, 0.717) is 29.7 Å². The molecule has 4 atom stereocenters. The van der Waals surface area contributed by atoms with Crippen molar-refractivity contribution < 1.29 is 14.4 Å². The van der Waals surface area contributed by atoms with Crippen LogP contribution >= 0.6 is 0 Å². The van der Waals surface area contributed by atoms with Crippen LogP contribution in [0.4, 0.5) is 0 Å². The van der Waals surface area contributed by atoms with Crippen molar-refractivity contribution in [3.05, 3.63) is 77.5 Å². The molecule has 1 aliphatic carbocycles. The van der Waals surface area contributed by atoms with Crippen molar-refractivity contribution in [2.24, 2.45) is 5.41 Å². The monoisotopic (exact) mass is 549 g/mol. The number of ketones is 2. The number of piperidine rings is 1. The molecule has 0 spiro atoms. The molecule has 6 rings (SSSR count). The van der Waals surface area contributed by atoms with Crippen molar-refractivity contribution in [3.8, 4) is 11.1 Å². The Balaban J connectivity index is 1.29. The molecular formula is C33H35N5O3. The van der Waals surface area contributed by atoms with Gasteiger partial charge in [-0.15, -0.1) is 0 Å². The minimum absolute atomic E-state index is 0.0103. The van der Waals surface area contributed by atoms with Crippen LogP contribution in [0.3, 0.4) is 0 Å². The quantitative estimate of drug-likeness (QED) is 0.271. The number of benzene rings is 2. The summed E-state index contributed by atoms with van der Waals surface area (Å²) in [6, 6.07) is 13.6. The van der Waals surface area contributed by atoms with Gasteiger partial charge in [-0.2, -0.15) is 5.10 Å². The van der Waals surface area contributed by atoms with Crippen LogP contribution in [-0.4, -0.2) is 54.2 Å². The van der Waals surface area contributed by atoms with Crippen molar-refractivity contribution in [3.63, 3.8) is 0 Å². The van der Waals surface area contributed by atoms with Gasteiger partial charge in [0.15, 0.2) is 11.6 Å². The summed E-state index contributed by atoms with van der Waals surface area (Å²) in [5, 5.41) is 5.32. The van der Waals surface area contributed by atoms with E-state index in [1.807, 2.05) is 61.2 Å². The molecule has 2 aromatic heterocycles. The molecule has 0 bridgehead atoms. The number of hydrogen-bond acceptors (Lipinski definition) is 6. The first kappa shape index (κ1) is 27.0. The molecule has 2 fully saturated rings. The lowest BCUT2D eigenvalue weighted by molar-refractivity contribution is -0.139. The molecular weight excluding hydrogens is 514 g/mol. The van der Waals surface area contributed by atoms with Gasteiger partial charge in [0.25, 0.3) is 0 Å². The van der Waals surface area contributed by atoms with E-state index in [9.17, 15) is 14.4 Å². The van der Waals surface area contributed by atoms with Crippen LogP contribution in [0.1, 0.15) is 73.4 Å². The lowest BCUT2D eigenvalue weighted by Gasteiger charge is -2.28.